The van der Waals surface area contributed by atoms with Crippen molar-refractivity contribution in [2.24, 2.45) is 5.92 Å². The fourth-order valence-corrected chi connectivity index (χ4v) is 1.73. The second-order valence-electron chi connectivity index (χ2n) is 3.41. The summed E-state index contributed by atoms with van der Waals surface area (Å²) in [6.45, 7) is 1.86. The summed E-state index contributed by atoms with van der Waals surface area (Å²) in [5.74, 6) is 0.390. The summed E-state index contributed by atoms with van der Waals surface area (Å²) in [6.07, 6.45) is -0.311. The molecule has 1 aliphatic rings. The Hall–Kier alpha value is -0.380. The normalized spacial score (nSPS) is 19.5. The number of aliphatic hydroxyl groups excluding tert-OH is 1. The molecular formula is C10H12BrNO. The summed E-state index contributed by atoms with van der Waals surface area (Å²) < 4.78 is 1.05. The minimum Gasteiger partial charge on any atom is -0.388 e. The van der Waals surface area contributed by atoms with Gasteiger partial charge >= 0.3 is 0 Å². The Bertz CT molecular complexity index is 281. The van der Waals surface area contributed by atoms with E-state index in [1.165, 1.54) is 0 Å². The van der Waals surface area contributed by atoms with E-state index in [1.807, 2.05) is 24.3 Å². The largest absolute Gasteiger partial charge is 0.388 e. The number of benzene rings is 1. The monoisotopic (exact) mass is 241 g/mol. The van der Waals surface area contributed by atoms with Crippen molar-refractivity contribution in [1.82, 2.24) is 5.32 Å². The fourth-order valence-electron chi connectivity index (χ4n) is 1.47. The van der Waals surface area contributed by atoms with Gasteiger partial charge in [-0.3, -0.25) is 0 Å². The molecule has 0 bridgehead atoms. The van der Waals surface area contributed by atoms with Gasteiger partial charge in [0.1, 0.15) is 0 Å². The second-order valence-corrected chi connectivity index (χ2v) is 4.33. The molecule has 1 atom stereocenters. The Kier molecular flexibility index (Phi) is 2.67. The van der Waals surface area contributed by atoms with E-state index in [-0.39, 0.29) is 6.10 Å². The predicted molar refractivity (Wildman–Crippen MR) is 55.5 cm³/mol. The van der Waals surface area contributed by atoms with Crippen LogP contribution in [0.2, 0.25) is 0 Å². The summed E-state index contributed by atoms with van der Waals surface area (Å²) >= 11 is 3.37. The summed E-state index contributed by atoms with van der Waals surface area (Å²) in [7, 11) is 0. The van der Waals surface area contributed by atoms with Gasteiger partial charge < -0.3 is 10.4 Å². The average Bonchev–Trinajstić information content (AvgIpc) is 2.02. The van der Waals surface area contributed by atoms with Crippen LogP contribution in [0.3, 0.4) is 0 Å². The number of hydrogen-bond donors (Lipinski definition) is 2. The lowest BCUT2D eigenvalue weighted by molar-refractivity contribution is 0.0767. The highest BCUT2D eigenvalue weighted by Gasteiger charge is 2.26. The third kappa shape index (κ3) is 1.93. The lowest BCUT2D eigenvalue weighted by Crippen LogP contribution is -2.45. The molecule has 1 aliphatic heterocycles. The molecule has 0 radical (unpaired) electrons. The van der Waals surface area contributed by atoms with Gasteiger partial charge in [-0.25, -0.2) is 0 Å². The minimum atomic E-state index is -0.311. The van der Waals surface area contributed by atoms with Gasteiger partial charge in [-0.15, -0.1) is 0 Å². The number of aliphatic hydroxyl groups is 1. The van der Waals surface area contributed by atoms with Gasteiger partial charge in [0.25, 0.3) is 0 Å². The van der Waals surface area contributed by atoms with Crippen LogP contribution in [0.5, 0.6) is 0 Å². The van der Waals surface area contributed by atoms with Crippen LogP contribution >= 0.6 is 15.9 Å². The van der Waals surface area contributed by atoms with Crippen LogP contribution in [0, 0.1) is 5.92 Å². The fraction of sp³-hybridized carbons (Fsp3) is 0.400. The molecule has 2 rings (SSSR count). The van der Waals surface area contributed by atoms with Gasteiger partial charge in [-0.2, -0.15) is 0 Å². The van der Waals surface area contributed by atoms with Gasteiger partial charge in [0.15, 0.2) is 0 Å². The van der Waals surface area contributed by atoms with E-state index in [2.05, 4.69) is 21.2 Å². The van der Waals surface area contributed by atoms with Crippen LogP contribution < -0.4 is 5.32 Å². The van der Waals surface area contributed by atoms with Crippen LogP contribution in [0.1, 0.15) is 11.7 Å². The van der Waals surface area contributed by atoms with Crippen LogP contribution in [-0.4, -0.2) is 18.2 Å². The lowest BCUT2D eigenvalue weighted by Gasteiger charge is -2.31. The zero-order valence-corrected chi connectivity index (χ0v) is 8.79. The van der Waals surface area contributed by atoms with Crippen molar-refractivity contribution in [2.75, 3.05) is 13.1 Å². The van der Waals surface area contributed by atoms with Gasteiger partial charge in [0.2, 0.25) is 0 Å². The molecule has 0 aliphatic carbocycles. The van der Waals surface area contributed by atoms with Crippen molar-refractivity contribution >= 4 is 15.9 Å². The standard InChI is InChI=1S/C10H12BrNO/c11-9-3-1-7(2-4-9)10(13)8-5-12-6-8/h1-4,8,10,12-13H,5-6H2. The average molecular weight is 242 g/mol. The summed E-state index contributed by atoms with van der Waals surface area (Å²) in [4.78, 5) is 0. The molecule has 2 nitrogen and oxygen atoms in total. The minimum absolute atomic E-state index is 0.311. The highest BCUT2D eigenvalue weighted by atomic mass is 79.9. The highest BCUT2D eigenvalue weighted by Crippen LogP contribution is 2.25. The Morgan fingerprint density at radius 1 is 1.31 bits per heavy atom. The Morgan fingerprint density at radius 3 is 2.38 bits per heavy atom. The zero-order valence-electron chi connectivity index (χ0n) is 7.20. The van der Waals surface area contributed by atoms with E-state index >= 15 is 0 Å². The summed E-state index contributed by atoms with van der Waals surface area (Å²) in [6, 6.07) is 7.86. The quantitative estimate of drug-likeness (QED) is 0.827. The maximum Gasteiger partial charge on any atom is 0.0842 e. The van der Waals surface area contributed by atoms with E-state index in [1.54, 1.807) is 0 Å². The topological polar surface area (TPSA) is 32.3 Å². The van der Waals surface area contributed by atoms with Crippen molar-refractivity contribution in [3.8, 4) is 0 Å². The molecule has 0 aromatic heterocycles. The van der Waals surface area contributed by atoms with E-state index in [4.69, 9.17) is 0 Å². The van der Waals surface area contributed by atoms with Crippen LogP contribution in [0.15, 0.2) is 28.7 Å². The second kappa shape index (κ2) is 3.78. The molecule has 1 aromatic carbocycles. The molecule has 1 heterocycles. The predicted octanol–water partition coefficient (Wildman–Crippen LogP) is 1.70. The van der Waals surface area contributed by atoms with Crippen LogP contribution in [0.25, 0.3) is 0 Å². The molecule has 1 fully saturated rings. The van der Waals surface area contributed by atoms with Crippen LogP contribution in [0.4, 0.5) is 0 Å². The maximum absolute atomic E-state index is 9.88. The van der Waals surface area contributed by atoms with Gasteiger partial charge in [-0.1, -0.05) is 28.1 Å². The van der Waals surface area contributed by atoms with Crippen LogP contribution in [-0.2, 0) is 0 Å². The molecule has 70 valence electrons. The van der Waals surface area contributed by atoms with Crippen molar-refractivity contribution in [3.05, 3.63) is 34.3 Å². The zero-order chi connectivity index (χ0) is 9.26. The molecule has 0 saturated carbocycles. The summed E-state index contributed by atoms with van der Waals surface area (Å²) in [5, 5.41) is 13.0. The molecule has 1 saturated heterocycles. The molecule has 13 heavy (non-hydrogen) atoms. The van der Waals surface area contributed by atoms with Crippen molar-refractivity contribution in [2.45, 2.75) is 6.10 Å². The van der Waals surface area contributed by atoms with Crippen molar-refractivity contribution < 1.29 is 5.11 Å². The molecule has 1 unspecified atom stereocenters. The first kappa shape index (κ1) is 9.19. The first-order chi connectivity index (χ1) is 6.27. The van der Waals surface area contributed by atoms with E-state index < -0.39 is 0 Å². The highest BCUT2D eigenvalue weighted by molar-refractivity contribution is 9.10. The lowest BCUT2D eigenvalue weighted by atomic mass is 9.91. The number of rotatable bonds is 2. The molecule has 0 amide bonds. The third-order valence-electron chi connectivity index (χ3n) is 2.47. The molecule has 3 heteroatoms. The van der Waals surface area contributed by atoms with E-state index in [0.717, 1.165) is 23.1 Å². The first-order valence-corrected chi connectivity index (χ1v) is 5.21. The third-order valence-corrected chi connectivity index (χ3v) is 3.00. The number of halogens is 1. The SMILES string of the molecule is OC(c1ccc(Br)cc1)C1CNC1. The van der Waals surface area contributed by atoms with Crippen molar-refractivity contribution in [3.63, 3.8) is 0 Å². The summed E-state index contributed by atoms with van der Waals surface area (Å²) in [5.41, 5.74) is 1.01. The van der Waals surface area contributed by atoms with Gasteiger partial charge in [-0.05, 0) is 17.7 Å². The van der Waals surface area contributed by atoms with Crippen molar-refractivity contribution in [1.29, 1.82) is 0 Å². The smallest absolute Gasteiger partial charge is 0.0842 e. The maximum atomic E-state index is 9.88. The molecule has 2 N–H and O–H groups in total. The molecular weight excluding hydrogens is 230 g/mol. The van der Waals surface area contributed by atoms with E-state index in [9.17, 15) is 5.11 Å². The van der Waals surface area contributed by atoms with E-state index in [0.29, 0.717) is 5.92 Å². The van der Waals surface area contributed by atoms with Gasteiger partial charge in [0.05, 0.1) is 6.10 Å². The number of nitrogens with one attached hydrogen (secondary N) is 1. The Morgan fingerprint density at radius 2 is 1.92 bits per heavy atom. The Labute approximate surface area is 86.1 Å². The Balaban J connectivity index is 2.10. The van der Waals surface area contributed by atoms with Gasteiger partial charge in [0, 0.05) is 23.5 Å². The first-order valence-electron chi connectivity index (χ1n) is 4.41. The number of hydrogen-bond acceptors (Lipinski definition) is 2. The molecule has 0 spiro atoms. The molecule has 1 aromatic rings.